The summed E-state index contributed by atoms with van der Waals surface area (Å²) in [5, 5.41) is 8.11. The molecule has 0 aliphatic carbocycles. The fraction of sp³-hybridized carbons (Fsp3) is 0.211. The standard InChI is InChI=1S/C19H19ClN4OS/c1-13(2)17(25)21-15-10-6-7-11-16(15)26-19-22-18(20)23-24(19)12-14-8-4-3-5-9-14/h3-11,13H,12H2,1-2H3,(H,21,25). The lowest BCUT2D eigenvalue weighted by Gasteiger charge is -2.12. The first-order valence-corrected chi connectivity index (χ1v) is 9.44. The predicted octanol–water partition coefficient (Wildman–Crippen LogP) is 4.73. The first-order valence-electron chi connectivity index (χ1n) is 8.25. The maximum atomic E-state index is 12.1. The van der Waals surface area contributed by atoms with Crippen LogP contribution in [0, 0.1) is 5.92 Å². The fourth-order valence-corrected chi connectivity index (χ4v) is 3.41. The van der Waals surface area contributed by atoms with Gasteiger partial charge in [0.05, 0.1) is 12.2 Å². The summed E-state index contributed by atoms with van der Waals surface area (Å²) in [5.41, 5.74) is 1.86. The van der Waals surface area contributed by atoms with Crippen molar-refractivity contribution in [3.63, 3.8) is 0 Å². The number of halogens is 1. The zero-order valence-electron chi connectivity index (χ0n) is 14.5. The lowest BCUT2D eigenvalue weighted by molar-refractivity contribution is -0.118. The highest BCUT2D eigenvalue weighted by molar-refractivity contribution is 7.99. The van der Waals surface area contributed by atoms with E-state index in [0.29, 0.717) is 11.7 Å². The number of nitrogens with zero attached hydrogens (tertiary/aromatic N) is 3. The predicted molar refractivity (Wildman–Crippen MR) is 105 cm³/mol. The number of hydrogen-bond acceptors (Lipinski definition) is 4. The molecule has 0 bridgehead atoms. The molecule has 2 aromatic carbocycles. The SMILES string of the molecule is CC(C)C(=O)Nc1ccccc1Sc1nc(Cl)nn1Cc1ccccc1. The zero-order chi connectivity index (χ0) is 18.5. The number of para-hydroxylation sites is 1. The van der Waals surface area contributed by atoms with Crippen molar-refractivity contribution in [1.29, 1.82) is 0 Å². The number of aromatic nitrogens is 3. The highest BCUT2D eigenvalue weighted by Crippen LogP contribution is 2.33. The van der Waals surface area contributed by atoms with Gasteiger partial charge in [0.1, 0.15) is 0 Å². The van der Waals surface area contributed by atoms with Gasteiger partial charge in [-0.3, -0.25) is 4.79 Å². The Kier molecular flexibility index (Phi) is 5.96. The van der Waals surface area contributed by atoms with Crippen LogP contribution in [0.5, 0.6) is 0 Å². The van der Waals surface area contributed by atoms with Gasteiger partial charge in [-0.25, -0.2) is 4.68 Å². The summed E-state index contributed by atoms with van der Waals surface area (Å²) in [7, 11) is 0. The molecule has 1 amide bonds. The summed E-state index contributed by atoms with van der Waals surface area (Å²) in [5.74, 6) is -0.119. The molecule has 3 rings (SSSR count). The van der Waals surface area contributed by atoms with Crippen LogP contribution in [0.3, 0.4) is 0 Å². The van der Waals surface area contributed by atoms with Crippen molar-refractivity contribution < 1.29 is 4.79 Å². The van der Waals surface area contributed by atoms with Crippen molar-refractivity contribution in [3.05, 3.63) is 65.4 Å². The quantitative estimate of drug-likeness (QED) is 0.665. The van der Waals surface area contributed by atoms with Crippen molar-refractivity contribution in [3.8, 4) is 0 Å². The molecule has 0 fully saturated rings. The van der Waals surface area contributed by atoms with E-state index in [4.69, 9.17) is 11.6 Å². The first-order chi connectivity index (χ1) is 12.5. The summed E-state index contributed by atoms with van der Waals surface area (Å²) >= 11 is 7.46. The number of benzene rings is 2. The van der Waals surface area contributed by atoms with Crippen molar-refractivity contribution >= 4 is 35.0 Å². The van der Waals surface area contributed by atoms with Gasteiger partial charge >= 0.3 is 0 Å². The second-order valence-electron chi connectivity index (χ2n) is 6.05. The Morgan fingerprint density at radius 2 is 1.85 bits per heavy atom. The van der Waals surface area contributed by atoms with Crippen LogP contribution in [-0.2, 0) is 11.3 Å². The molecule has 26 heavy (non-hydrogen) atoms. The van der Waals surface area contributed by atoms with Gasteiger partial charge in [-0.05, 0) is 41.1 Å². The molecule has 0 aliphatic rings. The number of hydrogen-bond donors (Lipinski definition) is 1. The largest absolute Gasteiger partial charge is 0.325 e. The van der Waals surface area contributed by atoms with Gasteiger partial charge in [0.15, 0.2) is 5.16 Å². The molecule has 5 nitrogen and oxygen atoms in total. The van der Waals surface area contributed by atoms with E-state index in [1.165, 1.54) is 11.8 Å². The minimum Gasteiger partial charge on any atom is -0.325 e. The lowest BCUT2D eigenvalue weighted by Crippen LogP contribution is -2.18. The highest BCUT2D eigenvalue weighted by Gasteiger charge is 2.15. The molecular formula is C19H19ClN4OS. The van der Waals surface area contributed by atoms with Crippen LogP contribution in [0.2, 0.25) is 5.28 Å². The van der Waals surface area contributed by atoms with Crippen LogP contribution in [0.1, 0.15) is 19.4 Å². The molecule has 0 saturated heterocycles. The second-order valence-corrected chi connectivity index (χ2v) is 7.40. The van der Waals surface area contributed by atoms with Gasteiger partial charge in [-0.1, -0.05) is 56.3 Å². The Morgan fingerprint density at radius 1 is 1.15 bits per heavy atom. The van der Waals surface area contributed by atoms with Crippen molar-refractivity contribution in [1.82, 2.24) is 14.8 Å². The second kappa shape index (κ2) is 8.38. The van der Waals surface area contributed by atoms with E-state index in [0.717, 1.165) is 16.1 Å². The third kappa shape index (κ3) is 4.65. The monoisotopic (exact) mass is 386 g/mol. The molecule has 1 aromatic heterocycles. The molecule has 0 radical (unpaired) electrons. The average Bonchev–Trinajstić information content (AvgIpc) is 2.96. The van der Waals surface area contributed by atoms with E-state index < -0.39 is 0 Å². The highest BCUT2D eigenvalue weighted by atomic mass is 35.5. The topological polar surface area (TPSA) is 59.8 Å². The van der Waals surface area contributed by atoms with Crippen LogP contribution >= 0.6 is 23.4 Å². The Labute approximate surface area is 161 Å². The van der Waals surface area contributed by atoms with Gasteiger partial charge in [-0.15, -0.1) is 5.10 Å². The summed E-state index contributed by atoms with van der Waals surface area (Å²) in [6.45, 7) is 4.30. The molecule has 0 saturated carbocycles. The molecule has 0 atom stereocenters. The number of amides is 1. The lowest BCUT2D eigenvalue weighted by atomic mass is 10.2. The molecule has 0 unspecified atom stereocenters. The molecule has 1 heterocycles. The Hall–Kier alpha value is -2.31. The molecule has 1 N–H and O–H groups in total. The summed E-state index contributed by atoms with van der Waals surface area (Å²) in [4.78, 5) is 17.3. The number of carbonyl (C=O) groups is 1. The van der Waals surface area contributed by atoms with E-state index >= 15 is 0 Å². The zero-order valence-corrected chi connectivity index (χ0v) is 16.1. The van der Waals surface area contributed by atoms with Crippen LogP contribution in [0.4, 0.5) is 5.69 Å². The van der Waals surface area contributed by atoms with Gasteiger partial charge in [0.2, 0.25) is 11.2 Å². The smallest absolute Gasteiger partial charge is 0.243 e. The van der Waals surface area contributed by atoms with Gasteiger partial charge in [0.25, 0.3) is 0 Å². The molecular weight excluding hydrogens is 368 g/mol. The molecule has 3 aromatic rings. The van der Waals surface area contributed by atoms with Gasteiger partial charge in [-0.2, -0.15) is 4.98 Å². The third-order valence-electron chi connectivity index (χ3n) is 3.66. The number of rotatable bonds is 6. The van der Waals surface area contributed by atoms with E-state index in [2.05, 4.69) is 15.4 Å². The summed E-state index contributed by atoms with van der Waals surface area (Å²) < 4.78 is 1.77. The Morgan fingerprint density at radius 3 is 2.58 bits per heavy atom. The van der Waals surface area contributed by atoms with Gasteiger partial charge < -0.3 is 5.32 Å². The molecule has 7 heteroatoms. The normalized spacial score (nSPS) is 10.9. The maximum Gasteiger partial charge on any atom is 0.243 e. The maximum absolute atomic E-state index is 12.1. The van der Waals surface area contributed by atoms with Gasteiger partial charge in [0, 0.05) is 10.8 Å². The Bertz CT molecular complexity index is 896. The van der Waals surface area contributed by atoms with E-state index in [1.807, 2.05) is 68.4 Å². The van der Waals surface area contributed by atoms with Crippen molar-refractivity contribution in [2.45, 2.75) is 30.4 Å². The number of anilines is 1. The van der Waals surface area contributed by atoms with E-state index in [9.17, 15) is 4.79 Å². The van der Waals surface area contributed by atoms with Crippen LogP contribution in [0.15, 0.2) is 64.6 Å². The average molecular weight is 387 g/mol. The molecule has 0 aliphatic heterocycles. The van der Waals surface area contributed by atoms with Crippen LogP contribution in [0.25, 0.3) is 0 Å². The van der Waals surface area contributed by atoms with Crippen LogP contribution < -0.4 is 5.32 Å². The van der Waals surface area contributed by atoms with Crippen LogP contribution in [-0.4, -0.2) is 20.7 Å². The first kappa shape index (κ1) is 18.5. The van der Waals surface area contributed by atoms with E-state index in [1.54, 1.807) is 4.68 Å². The van der Waals surface area contributed by atoms with Crippen molar-refractivity contribution in [2.75, 3.05) is 5.32 Å². The molecule has 0 spiro atoms. The summed E-state index contributed by atoms with van der Waals surface area (Å²) in [6.07, 6.45) is 0. The van der Waals surface area contributed by atoms with E-state index in [-0.39, 0.29) is 17.1 Å². The number of nitrogens with one attached hydrogen (secondary N) is 1. The fourth-order valence-electron chi connectivity index (χ4n) is 2.27. The minimum absolute atomic E-state index is 0.0261. The Balaban J connectivity index is 1.85. The summed E-state index contributed by atoms with van der Waals surface area (Å²) in [6, 6.07) is 17.6. The number of carbonyl (C=O) groups excluding carboxylic acids is 1. The van der Waals surface area contributed by atoms with Crippen molar-refractivity contribution in [2.24, 2.45) is 5.92 Å². The minimum atomic E-state index is -0.0933. The third-order valence-corrected chi connectivity index (χ3v) is 4.88. The molecule has 134 valence electrons.